The molecule has 0 aromatic carbocycles. The average Bonchev–Trinajstić information content (AvgIpc) is 2.48. The molecule has 1 aliphatic rings. The van der Waals surface area contributed by atoms with Crippen molar-refractivity contribution in [3.63, 3.8) is 0 Å². The van der Waals surface area contributed by atoms with Gasteiger partial charge in [-0.3, -0.25) is 9.88 Å². The molecule has 8 heteroatoms. The van der Waals surface area contributed by atoms with E-state index in [1.54, 1.807) is 26.2 Å². The summed E-state index contributed by atoms with van der Waals surface area (Å²) in [5.74, 6) is 0. The van der Waals surface area contributed by atoms with E-state index in [9.17, 15) is 8.42 Å². The highest BCUT2D eigenvalue weighted by Crippen LogP contribution is 2.20. The van der Waals surface area contributed by atoms with Gasteiger partial charge in [0.1, 0.15) is 0 Å². The Balaban J connectivity index is 2.08. The third-order valence-corrected chi connectivity index (χ3v) is 4.74. The van der Waals surface area contributed by atoms with Gasteiger partial charge in [-0.25, -0.2) is 4.72 Å². The van der Waals surface area contributed by atoms with E-state index in [4.69, 9.17) is 4.74 Å². The van der Waals surface area contributed by atoms with Gasteiger partial charge in [0.2, 0.25) is 0 Å². The highest BCUT2D eigenvalue weighted by molar-refractivity contribution is 7.87. The molecule has 124 valence electrons. The van der Waals surface area contributed by atoms with Crippen molar-refractivity contribution >= 4 is 10.2 Å². The molecule has 22 heavy (non-hydrogen) atoms. The van der Waals surface area contributed by atoms with Gasteiger partial charge in [0.25, 0.3) is 10.2 Å². The highest BCUT2D eigenvalue weighted by Gasteiger charge is 2.24. The maximum Gasteiger partial charge on any atom is 0.277 e. The Morgan fingerprint density at radius 1 is 1.36 bits per heavy atom. The molecule has 0 radical (unpaired) electrons. The van der Waals surface area contributed by atoms with Gasteiger partial charge in [0.05, 0.1) is 19.3 Å². The number of morpholine rings is 1. The van der Waals surface area contributed by atoms with Crippen LogP contribution in [0.25, 0.3) is 0 Å². The second-order valence-electron chi connectivity index (χ2n) is 5.57. The lowest BCUT2D eigenvalue weighted by atomic mass is 10.1. The second-order valence-corrected chi connectivity index (χ2v) is 7.11. The number of rotatable bonds is 7. The predicted molar refractivity (Wildman–Crippen MR) is 84.6 cm³/mol. The zero-order valence-electron chi connectivity index (χ0n) is 13.0. The fourth-order valence-electron chi connectivity index (χ4n) is 2.46. The summed E-state index contributed by atoms with van der Waals surface area (Å²) >= 11 is 0. The van der Waals surface area contributed by atoms with Crippen molar-refractivity contribution < 1.29 is 13.2 Å². The number of nitrogens with zero attached hydrogens (tertiary/aromatic N) is 2. The van der Waals surface area contributed by atoms with Crippen molar-refractivity contribution in [2.75, 3.05) is 32.8 Å². The Hall–Kier alpha value is -1.06. The van der Waals surface area contributed by atoms with Gasteiger partial charge >= 0.3 is 0 Å². The standard InChI is InChI=1S/C14H24N4O3S/c1-12(2)17-22(19,20)16-11-14(13-4-3-5-15-10-13)18-6-8-21-9-7-18/h3-5,10,12,14,16-17H,6-9,11H2,1-2H3. The molecular formula is C14H24N4O3S. The lowest BCUT2D eigenvalue weighted by Gasteiger charge is -2.34. The Kier molecular flexibility index (Phi) is 6.27. The van der Waals surface area contributed by atoms with E-state index >= 15 is 0 Å². The van der Waals surface area contributed by atoms with E-state index in [2.05, 4.69) is 19.3 Å². The Morgan fingerprint density at radius 2 is 2.09 bits per heavy atom. The molecule has 1 saturated heterocycles. The van der Waals surface area contributed by atoms with Crippen LogP contribution in [-0.4, -0.2) is 57.2 Å². The minimum atomic E-state index is -3.50. The monoisotopic (exact) mass is 328 g/mol. The molecule has 1 unspecified atom stereocenters. The van der Waals surface area contributed by atoms with Gasteiger partial charge in [-0.1, -0.05) is 6.07 Å². The lowest BCUT2D eigenvalue weighted by Crippen LogP contribution is -2.47. The van der Waals surface area contributed by atoms with Crippen LogP contribution in [0.4, 0.5) is 0 Å². The molecule has 1 aromatic rings. The van der Waals surface area contributed by atoms with Gasteiger partial charge in [0.15, 0.2) is 0 Å². The highest BCUT2D eigenvalue weighted by atomic mass is 32.2. The zero-order valence-corrected chi connectivity index (χ0v) is 13.8. The van der Waals surface area contributed by atoms with E-state index in [-0.39, 0.29) is 12.1 Å². The van der Waals surface area contributed by atoms with Gasteiger partial charge in [0, 0.05) is 38.1 Å². The summed E-state index contributed by atoms with van der Waals surface area (Å²) in [7, 11) is -3.50. The van der Waals surface area contributed by atoms with Crippen LogP contribution in [-0.2, 0) is 14.9 Å². The molecule has 0 aliphatic carbocycles. The number of ether oxygens (including phenoxy) is 1. The molecule has 2 rings (SSSR count). The first-order valence-electron chi connectivity index (χ1n) is 7.46. The Bertz CT molecular complexity index is 544. The van der Waals surface area contributed by atoms with Crippen LogP contribution in [0.2, 0.25) is 0 Å². The normalized spacial score (nSPS) is 18.5. The van der Waals surface area contributed by atoms with Gasteiger partial charge < -0.3 is 4.74 Å². The predicted octanol–water partition coefficient (Wildman–Crippen LogP) is 0.287. The summed E-state index contributed by atoms with van der Waals surface area (Å²) in [6.07, 6.45) is 3.49. The Morgan fingerprint density at radius 3 is 2.68 bits per heavy atom. The summed E-state index contributed by atoms with van der Waals surface area (Å²) in [6.45, 7) is 6.76. The van der Waals surface area contributed by atoms with Crippen molar-refractivity contribution in [2.24, 2.45) is 0 Å². The number of pyridine rings is 1. The van der Waals surface area contributed by atoms with Gasteiger partial charge in [-0.2, -0.15) is 13.1 Å². The molecule has 1 fully saturated rings. The third kappa shape index (κ3) is 5.29. The zero-order chi connectivity index (χ0) is 16.0. The summed E-state index contributed by atoms with van der Waals surface area (Å²) in [5, 5.41) is 0. The van der Waals surface area contributed by atoms with Gasteiger partial charge in [-0.15, -0.1) is 0 Å². The first-order valence-corrected chi connectivity index (χ1v) is 8.95. The number of nitrogens with one attached hydrogen (secondary N) is 2. The fraction of sp³-hybridized carbons (Fsp3) is 0.643. The van der Waals surface area contributed by atoms with E-state index in [1.165, 1.54) is 0 Å². The van der Waals surface area contributed by atoms with Crippen molar-refractivity contribution in [1.29, 1.82) is 0 Å². The van der Waals surface area contributed by atoms with Crippen LogP contribution in [0.15, 0.2) is 24.5 Å². The van der Waals surface area contributed by atoms with Crippen LogP contribution in [0, 0.1) is 0 Å². The summed E-state index contributed by atoms with van der Waals surface area (Å²) in [4.78, 5) is 6.36. The van der Waals surface area contributed by atoms with E-state index in [1.807, 2.05) is 12.1 Å². The third-order valence-electron chi connectivity index (χ3n) is 3.41. The van der Waals surface area contributed by atoms with Crippen LogP contribution in [0.1, 0.15) is 25.5 Å². The smallest absolute Gasteiger partial charge is 0.277 e. The molecule has 0 saturated carbocycles. The average molecular weight is 328 g/mol. The number of hydrogen-bond donors (Lipinski definition) is 2. The van der Waals surface area contributed by atoms with Crippen molar-refractivity contribution in [1.82, 2.24) is 19.3 Å². The largest absolute Gasteiger partial charge is 0.379 e. The SMILES string of the molecule is CC(C)NS(=O)(=O)NCC(c1cccnc1)N1CCOCC1. The number of aromatic nitrogens is 1. The van der Waals surface area contributed by atoms with Crippen molar-refractivity contribution in [3.05, 3.63) is 30.1 Å². The van der Waals surface area contributed by atoms with Crippen molar-refractivity contribution in [2.45, 2.75) is 25.9 Å². The van der Waals surface area contributed by atoms with E-state index in [0.29, 0.717) is 19.8 Å². The minimum absolute atomic E-state index is 0.0543. The molecule has 0 amide bonds. The molecule has 1 atom stereocenters. The van der Waals surface area contributed by atoms with Crippen LogP contribution in [0.3, 0.4) is 0 Å². The maximum atomic E-state index is 12.0. The molecule has 7 nitrogen and oxygen atoms in total. The van der Waals surface area contributed by atoms with Crippen LogP contribution in [0.5, 0.6) is 0 Å². The van der Waals surface area contributed by atoms with Crippen LogP contribution < -0.4 is 9.44 Å². The molecule has 1 aromatic heterocycles. The first-order chi connectivity index (χ1) is 10.5. The molecule has 0 spiro atoms. The molecule has 1 aliphatic heterocycles. The van der Waals surface area contributed by atoms with E-state index < -0.39 is 10.2 Å². The molecule has 0 bridgehead atoms. The minimum Gasteiger partial charge on any atom is -0.379 e. The quantitative estimate of drug-likeness (QED) is 0.751. The number of hydrogen-bond acceptors (Lipinski definition) is 5. The van der Waals surface area contributed by atoms with Crippen molar-refractivity contribution in [3.8, 4) is 0 Å². The molecule has 2 N–H and O–H groups in total. The summed E-state index contributed by atoms with van der Waals surface area (Å²) in [5.41, 5.74) is 0.997. The molecular weight excluding hydrogens is 304 g/mol. The first kappa shape index (κ1) is 17.3. The summed E-state index contributed by atoms with van der Waals surface area (Å²) < 4.78 is 34.5. The fourth-order valence-corrected chi connectivity index (χ4v) is 3.54. The van der Waals surface area contributed by atoms with E-state index in [0.717, 1.165) is 18.7 Å². The Labute approximate surface area is 132 Å². The second kappa shape index (κ2) is 7.98. The van der Waals surface area contributed by atoms with Gasteiger partial charge in [-0.05, 0) is 25.5 Å². The van der Waals surface area contributed by atoms with Crippen LogP contribution >= 0.6 is 0 Å². The maximum absolute atomic E-state index is 12.0. The lowest BCUT2D eigenvalue weighted by molar-refractivity contribution is 0.0171. The summed E-state index contributed by atoms with van der Waals surface area (Å²) in [6, 6.07) is 3.64. The topological polar surface area (TPSA) is 83.6 Å². The molecule has 2 heterocycles.